The lowest BCUT2D eigenvalue weighted by molar-refractivity contribution is -0.121. The zero-order valence-electron chi connectivity index (χ0n) is 15.9. The van der Waals surface area contributed by atoms with Gasteiger partial charge in [0, 0.05) is 23.6 Å². The number of carbonyl (C=O) groups excluding carboxylic acids is 1. The van der Waals surface area contributed by atoms with Crippen LogP contribution in [0.1, 0.15) is 36.8 Å². The minimum absolute atomic E-state index is 0.0393. The van der Waals surface area contributed by atoms with Gasteiger partial charge in [-0.3, -0.25) is 4.79 Å². The zero-order valence-corrected chi connectivity index (χ0v) is 18.4. The first kappa shape index (κ1) is 20.8. The average molecular weight is 433 g/mol. The van der Waals surface area contributed by atoms with E-state index >= 15 is 0 Å². The summed E-state index contributed by atoms with van der Waals surface area (Å²) < 4.78 is 0.886. The Kier molecular flexibility index (Phi) is 7.88. The summed E-state index contributed by atoms with van der Waals surface area (Å²) in [6, 6.07) is 14.0. The van der Waals surface area contributed by atoms with Crippen LogP contribution >= 0.6 is 34.4 Å². The van der Waals surface area contributed by atoms with Crippen molar-refractivity contribution in [2.24, 2.45) is 5.92 Å². The average Bonchev–Trinajstić information content (AvgIpc) is 3.37. The molecule has 0 fully saturated rings. The van der Waals surface area contributed by atoms with Gasteiger partial charge < -0.3 is 10.6 Å². The Hall–Kier alpha value is -1.90. The number of anilines is 1. The van der Waals surface area contributed by atoms with E-state index in [1.807, 2.05) is 41.8 Å². The molecule has 0 bridgehead atoms. The van der Waals surface area contributed by atoms with Gasteiger partial charge in [-0.2, -0.15) is 0 Å². The van der Waals surface area contributed by atoms with Crippen LogP contribution in [0, 0.1) is 5.92 Å². The van der Waals surface area contributed by atoms with Crippen LogP contribution in [-0.4, -0.2) is 28.4 Å². The van der Waals surface area contributed by atoms with Crippen molar-refractivity contribution in [3.8, 4) is 0 Å². The van der Waals surface area contributed by atoms with Gasteiger partial charge >= 0.3 is 0 Å². The van der Waals surface area contributed by atoms with Crippen molar-refractivity contribution in [3.05, 3.63) is 58.3 Å². The van der Waals surface area contributed by atoms with Crippen molar-refractivity contribution >= 4 is 45.5 Å². The summed E-state index contributed by atoms with van der Waals surface area (Å²) in [7, 11) is 0. The molecule has 1 atom stereocenters. The van der Waals surface area contributed by atoms with E-state index in [-0.39, 0.29) is 11.9 Å². The maximum absolute atomic E-state index is 12.5. The van der Waals surface area contributed by atoms with Gasteiger partial charge in [-0.05, 0) is 22.9 Å². The Labute approximate surface area is 178 Å². The van der Waals surface area contributed by atoms with Crippen LogP contribution < -0.4 is 10.6 Å². The molecule has 0 radical (unpaired) electrons. The van der Waals surface area contributed by atoms with E-state index in [1.165, 1.54) is 11.3 Å². The molecule has 2 aromatic heterocycles. The number of amides is 1. The fraction of sp³-hybridized carbons (Fsp3) is 0.350. The summed E-state index contributed by atoms with van der Waals surface area (Å²) in [4.78, 5) is 13.7. The molecule has 0 saturated heterocycles. The lowest BCUT2D eigenvalue weighted by Gasteiger charge is -2.18. The van der Waals surface area contributed by atoms with Gasteiger partial charge in [-0.15, -0.1) is 21.5 Å². The molecule has 5 nitrogen and oxygen atoms in total. The second-order valence-electron chi connectivity index (χ2n) is 6.67. The number of benzene rings is 1. The monoisotopic (exact) mass is 432 g/mol. The highest BCUT2D eigenvalue weighted by Gasteiger charge is 2.17. The van der Waals surface area contributed by atoms with E-state index in [0.717, 1.165) is 26.5 Å². The van der Waals surface area contributed by atoms with Crippen LogP contribution in [0.2, 0.25) is 0 Å². The number of rotatable bonds is 10. The molecule has 1 aromatic carbocycles. The van der Waals surface area contributed by atoms with E-state index in [9.17, 15) is 4.79 Å². The normalized spacial score (nSPS) is 12.1. The van der Waals surface area contributed by atoms with E-state index < -0.39 is 0 Å². The number of nitrogens with zero attached hydrogens (tertiary/aromatic N) is 2. The van der Waals surface area contributed by atoms with Gasteiger partial charge in [0.25, 0.3) is 0 Å². The number of nitrogens with one attached hydrogen (secondary N) is 2. The fourth-order valence-electron chi connectivity index (χ4n) is 2.51. The van der Waals surface area contributed by atoms with Gasteiger partial charge in [0.1, 0.15) is 0 Å². The predicted molar refractivity (Wildman–Crippen MR) is 119 cm³/mol. The summed E-state index contributed by atoms with van der Waals surface area (Å²) in [6.45, 7) is 5.19. The quantitative estimate of drug-likeness (QED) is 0.439. The van der Waals surface area contributed by atoms with Crippen molar-refractivity contribution in [1.82, 2.24) is 15.5 Å². The van der Waals surface area contributed by atoms with Crippen LogP contribution in [0.25, 0.3) is 0 Å². The number of thioether (sulfide) groups is 1. The molecule has 1 unspecified atom stereocenters. The third kappa shape index (κ3) is 6.32. The van der Waals surface area contributed by atoms with Crippen LogP contribution in [0.4, 0.5) is 5.13 Å². The summed E-state index contributed by atoms with van der Waals surface area (Å²) in [5, 5.41) is 17.6. The minimum Gasteiger partial charge on any atom is -0.360 e. The Morgan fingerprint density at radius 2 is 1.96 bits per heavy atom. The summed E-state index contributed by atoms with van der Waals surface area (Å²) in [5.74, 6) is 1.28. The van der Waals surface area contributed by atoms with Crippen molar-refractivity contribution in [2.45, 2.75) is 30.6 Å². The number of hydrogen-bond acceptors (Lipinski definition) is 7. The van der Waals surface area contributed by atoms with Gasteiger partial charge in [-0.25, -0.2) is 0 Å². The second kappa shape index (κ2) is 10.6. The third-order valence-electron chi connectivity index (χ3n) is 3.89. The molecule has 3 rings (SSSR count). The van der Waals surface area contributed by atoms with E-state index in [0.29, 0.717) is 18.1 Å². The SMILES string of the molecule is CC(C)CNc1nnc(SCCC(=O)NC(c2ccccc2)c2cccs2)s1. The van der Waals surface area contributed by atoms with Gasteiger partial charge in [0.05, 0.1) is 6.04 Å². The Bertz CT molecular complexity index is 849. The maximum atomic E-state index is 12.5. The molecule has 148 valence electrons. The van der Waals surface area contributed by atoms with Gasteiger partial charge in [0.15, 0.2) is 4.34 Å². The van der Waals surface area contributed by atoms with E-state index in [2.05, 4.69) is 40.7 Å². The standard InChI is InChI=1S/C20H24N4OS3/c1-14(2)13-21-19-23-24-20(28-19)27-12-10-17(25)22-18(16-9-6-11-26-16)15-7-4-3-5-8-15/h3-9,11,14,18H,10,12-13H2,1-2H3,(H,21,23)(H,22,25). The summed E-state index contributed by atoms with van der Waals surface area (Å²) >= 11 is 4.76. The maximum Gasteiger partial charge on any atom is 0.221 e. The van der Waals surface area contributed by atoms with Gasteiger partial charge in [-0.1, -0.05) is 73.3 Å². The number of hydrogen-bond donors (Lipinski definition) is 2. The number of carbonyl (C=O) groups is 1. The first-order valence-electron chi connectivity index (χ1n) is 9.19. The Balaban J connectivity index is 1.50. The Morgan fingerprint density at radius 3 is 2.68 bits per heavy atom. The van der Waals surface area contributed by atoms with Gasteiger partial charge in [0.2, 0.25) is 11.0 Å². The predicted octanol–water partition coefficient (Wildman–Crippen LogP) is 5.06. The number of thiophene rings is 1. The van der Waals surface area contributed by atoms with Crippen molar-refractivity contribution in [2.75, 3.05) is 17.6 Å². The Morgan fingerprint density at radius 1 is 1.14 bits per heavy atom. The first-order valence-corrected chi connectivity index (χ1v) is 11.9. The second-order valence-corrected chi connectivity index (χ2v) is 9.97. The molecular formula is C20H24N4OS3. The molecule has 0 aliphatic heterocycles. The van der Waals surface area contributed by atoms with Crippen LogP contribution in [0.5, 0.6) is 0 Å². The van der Waals surface area contributed by atoms with Crippen molar-refractivity contribution in [3.63, 3.8) is 0 Å². The van der Waals surface area contributed by atoms with E-state index in [1.54, 1.807) is 23.1 Å². The smallest absolute Gasteiger partial charge is 0.221 e. The fourth-order valence-corrected chi connectivity index (χ4v) is 5.08. The molecule has 0 spiro atoms. The number of aromatic nitrogens is 2. The minimum atomic E-state index is -0.105. The van der Waals surface area contributed by atoms with Crippen LogP contribution in [0.15, 0.2) is 52.2 Å². The molecule has 0 aliphatic rings. The lowest BCUT2D eigenvalue weighted by atomic mass is 10.1. The summed E-state index contributed by atoms with van der Waals surface area (Å²) in [6.07, 6.45) is 0.438. The van der Waals surface area contributed by atoms with Crippen LogP contribution in [0.3, 0.4) is 0 Å². The van der Waals surface area contributed by atoms with E-state index in [4.69, 9.17) is 0 Å². The van der Waals surface area contributed by atoms with Crippen LogP contribution in [-0.2, 0) is 4.79 Å². The lowest BCUT2D eigenvalue weighted by Crippen LogP contribution is -2.29. The first-order chi connectivity index (χ1) is 13.6. The summed E-state index contributed by atoms with van der Waals surface area (Å²) in [5.41, 5.74) is 1.09. The largest absolute Gasteiger partial charge is 0.360 e. The van der Waals surface area contributed by atoms with Crippen molar-refractivity contribution in [1.29, 1.82) is 0 Å². The molecular weight excluding hydrogens is 408 g/mol. The molecule has 0 aliphatic carbocycles. The molecule has 8 heteroatoms. The molecule has 2 N–H and O–H groups in total. The highest BCUT2D eigenvalue weighted by Crippen LogP contribution is 2.28. The molecule has 3 aromatic rings. The highest BCUT2D eigenvalue weighted by molar-refractivity contribution is 8.01. The molecule has 2 heterocycles. The molecule has 1 amide bonds. The molecule has 28 heavy (non-hydrogen) atoms. The third-order valence-corrected chi connectivity index (χ3v) is 6.84. The topological polar surface area (TPSA) is 66.9 Å². The zero-order chi connectivity index (χ0) is 19.8. The highest BCUT2D eigenvalue weighted by atomic mass is 32.2. The van der Waals surface area contributed by atoms with Crippen molar-refractivity contribution < 1.29 is 4.79 Å². The molecule has 0 saturated carbocycles.